The Morgan fingerprint density at radius 1 is 1.24 bits per heavy atom. The second kappa shape index (κ2) is 6.15. The minimum absolute atomic E-state index is 0.0623. The Hall–Kier alpha value is -1.70. The number of carbonyl (C=O) groups excluding carboxylic acids is 4. The van der Waals surface area contributed by atoms with Gasteiger partial charge in [-0.25, -0.2) is 0 Å². The van der Waals surface area contributed by atoms with Gasteiger partial charge in [-0.1, -0.05) is 26.3 Å². The van der Waals surface area contributed by atoms with E-state index in [-0.39, 0.29) is 36.4 Å². The quantitative estimate of drug-likeness (QED) is 0.568. The van der Waals surface area contributed by atoms with Crippen molar-refractivity contribution in [1.82, 2.24) is 0 Å². The minimum atomic E-state index is -1.76. The van der Waals surface area contributed by atoms with Crippen molar-refractivity contribution in [3.05, 3.63) is 11.6 Å². The molecule has 3 N–H and O–H groups in total. The normalized spacial score (nSPS) is 49.2. The molecular weight excluding hydrogens is 376 g/mol. The van der Waals surface area contributed by atoms with Crippen LogP contribution >= 0.6 is 0 Å². The van der Waals surface area contributed by atoms with Crippen LogP contribution in [0.1, 0.15) is 46.5 Å². The van der Waals surface area contributed by atoms with Crippen LogP contribution < -0.4 is 0 Å². The molecule has 0 aromatic carbocycles. The van der Waals surface area contributed by atoms with Crippen LogP contribution in [0.15, 0.2) is 11.6 Å². The number of rotatable bonds is 2. The molecule has 0 bridgehead atoms. The third-order valence-electron chi connectivity index (χ3n) is 8.79. The fraction of sp³-hybridized carbons (Fsp3) is 0.727. The molecule has 0 spiro atoms. The van der Waals surface area contributed by atoms with Crippen molar-refractivity contribution in [3.8, 4) is 0 Å². The number of hydrogen-bond donors (Lipinski definition) is 3. The Labute approximate surface area is 169 Å². The lowest BCUT2D eigenvalue weighted by molar-refractivity contribution is -0.177. The van der Waals surface area contributed by atoms with Crippen molar-refractivity contribution in [2.24, 2.45) is 34.5 Å². The zero-order valence-corrected chi connectivity index (χ0v) is 17.0. The van der Waals surface area contributed by atoms with Crippen LogP contribution in [0.3, 0.4) is 0 Å². The van der Waals surface area contributed by atoms with Crippen LogP contribution in [0, 0.1) is 34.5 Å². The van der Waals surface area contributed by atoms with Crippen molar-refractivity contribution < 1.29 is 34.5 Å². The maximum Gasteiger partial charge on any atom is 0.231 e. The van der Waals surface area contributed by atoms with Crippen LogP contribution in [-0.4, -0.2) is 56.8 Å². The van der Waals surface area contributed by atoms with Gasteiger partial charge < -0.3 is 15.3 Å². The van der Waals surface area contributed by atoms with E-state index in [0.29, 0.717) is 18.4 Å². The second-order valence-electron chi connectivity index (χ2n) is 9.94. The zero-order chi connectivity index (χ0) is 21.5. The average molecular weight is 404 g/mol. The number of Topliss-reactive ketones (excluding diaryl/α,β-unsaturated/α-hetero) is 3. The predicted octanol–water partition coefficient (Wildman–Crippen LogP) is 0.386. The highest BCUT2D eigenvalue weighted by atomic mass is 16.3. The summed E-state index contributed by atoms with van der Waals surface area (Å²) in [5.74, 6) is -3.65. The lowest BCUT2D eigenvalue weighted by atomic mass is 9.43. The Morgan fingerprint density at radius 3 is 2.52 bits per heavy atom. The van der Waals surface area contributed by atoms with Gasteiger partial charge in [0.2, 0.25) is 11.6 Å². The molecule has 4 aliphatic carbocycles. The highest BCUT2D eigenvalue weighted by molar-refractivity contribution is 6.44. The fourth-order valence-electron chi connectivity index (χ4n) is 7.34. The first-order chi connectivity index (χ1) is 13.4. The first kappa shape index (κ1) is 20.6. The number of hydrogen-bond acceptors (Lipinski definition) is 7. The third-order valence-corrected chi connectivity index (χ3v) is 8.79. The summed E-state index contributed by atoms with van der Waals surface area (Å²) in [5, 5.41) is 31.4. The van der Waals surface area contributed by atoms with Crippen LogP contribution in [-0.2, 0) is 19.2 Å². The van der Waals surface area contributed by atoms with Crippen molar-refractivity contribution in [2.45, 2.75) is 58.2 Å². The van der Waals surface area contributed by atoms with E-state index < -0.39 is 52.4 Å². The lowest BCUT2D eigenvalue weighted by Gasteiger charge is -2.59. The van der Waals surface area contributed by atoms with Gasteiger partial charge >= 0.3 is 0 Å². The maximum absolute atomic E-state index is 13.5. The molecular formula is C22H28O7. The Morgan fingerprint density at radius 2 is 1.90 bits per heavy atom. The van der Waals surface area contributed by atoms with Crippen LogP contribution in [0.5, 0.6) is 0 Å². The van der Waals surface area contributed by atoms with Crippen molar-refractivity contribution >= 4 is 23.1 Å². The summed E-state index contributed by atoms with van der Waals surface area (Å²) in [4.78, 5) is 50.2. The van der Waals surface area contributed by atoms with Crippen LogP contribution in [0.4, 0.5) is 0 Å². The largest absolute Gasteiger partial charge is 0.388 e. The summed E-state index contributed by atoms with van der Waals surface area (Å²) in [5.41, 5.74) is -3.27. The second-order valence-corrected chi connectivity index (χ2v) is 9.94. The van der Waals surface area contributed by atoms with Gasteiger partial charge in [-0.3, -0.25) is 19.2 Å². The molecule has 0 amide bonds. The Balaban J connectivity index is 1.83. The molecule has 0 saturated heterocycles. The van der Waals surface area contributed by atoms with Crippen molar-refractivity contribution in [2.75, 3.05) is 6.61 Å². The lowest BCUT2D eigenvalue weighted by Crippen LogP contribution is -2.64. The summed E-state index contributed by atoms with van der Waals surface area (Å²) in [6.07, 6.45) is 0.952. The third kappa shape index (κ3) is 2.29. The molecule has 3 fully saturated rings. The smallest absolute Gasteiger partial charge is 0.231 e. The molecule has 0 heterocycles. The van der Waals surface area contributed by atoms with E-state index in [1.807, 2.05) is 6.92 Å². The summed E-state index contributed by atoms with van der Waals surface area (Å²) < 4.78 is 0. The molecule has 8 atom stereocenters. The van der Waals surface area contributed by atoms with Crippen LogP contribution in [0.2, 0.25) is 0 Å². The molecule has 4 rings (SSSR count). The monoisotopic (exact) mass is 404 g/mol. The van der Waals surface area contributed by atoms with E-state index in [1.54, 1.807) is 13.8 Å². The zero-order valence-electron chi connectivity index (χ0n) is 17.0. The Bertz CT molecular complexity index is 859. The highest BCUT2D eigenvalue weighted by Gasteiger charge is 2.70. The maximum atomic E-state index is 13.5. The average Bonchev–Trinajstić information content (AvgIpc) is 2.93. The van der Waals surface area contributed by atoms with Crippen molar-refractivity contribution in [3.63, 3.8) is 0 Å². The molecule has 7 heteroatoms. The molecule has 3 saturated carbocycles. The number of ketones is 4. The van der Waals surface area contributed by atoms with E-state index in [2.05, 4.69) is 0 Å². The van der Waals surface area contributed by atoms with Gasteiger partial charge in [0.25, 0.3) is 0 Å². The molecule has 4 aliphatic rings. The first-order valence-electron chi connectivity index (χ1n) is 10.3. The number of carbonyl (C=O) groups is 4. The number of aliphatic hydroxyl groups excluding tert-OH is 2. The summed E-state index contributed by atoms with van der Waals surface area (Å²) >= 11 is 0. The Kier molecular flexibility index (Phi) is 4.37. The highest BCUT2D eigenvalue weighted by Crippen LogP contribution is 2.67. The SMILES string of the molecule is CC1C[C@H]2[C@@H]3CC[C@](O)(C(=O)CO)[C@@]3(C)CC(=O)[C@@H]2[C@]2(C)C1=CC(=O)C(=O)C2O. The van der Waals surface area contributed by atoms with Gasteiger partial charge in [0.1, 0.15) is 24.1 Å². The van der Waals surface area contributed by atoms with Gasteiger partial charge in [0, 0.05) is 23.2 Å². The number of aliphatic hydroxyl groups is 3. The minimum Gasteiger partial charge on any atom is -0.388 e. The van der Waals surface area contributed by atoms with Gasteiger partial charge in [-0.2, -0.15) is 0 Å². The summed E-state index contributed by atoms with van der Waals surface area (Å²) in [6, 6.07) is 0. The molecule has 158 valence electrons. The van der Waals surface area contributed by atoms with Crippen molar-refractivity contribution in [1.29, 1.82) is 0 Å². The standard InChI is InChI=1S/C22H28O7/c1-10-6-11-12-4-5-22(29,16(26)9-23)20(12,2)8-15(25)17(11)21(3)13(10)7-14(24)18(27)19(21)28/h7,10-12,17,19,23,28-29H,4-6,8-9H2,1-3H3/t10?,11-,12-,17+,19?,20-,21-,22-/m0/s1. The fourth-order valence-corrected chi connectivity index (χ4v) is 7.34. The summed E-state index contributed by atoms with van der Waals surface area (Å²) in [6.45, 7) is 4.59. The molecule has 29 heavy (non-hydrogen) atoms. The first-order valence-corrected chi connectivity index (χ1v) is 10.3. The molecule has 0 aromatic heterocycles. The molecule has 0 aliphatic heterocycles. The molecule has 7 nitrogen and oxygen atoms in total. The van der Waals surface area contributed by atoms with E-state index >= 15 is 0 Å². The molecule has 2 unspecified atom stereocenters. The summed E-state index contributed by atoms with van der Waals surface area (Å²) in [7, 11) is 0. The molecule has 0 aromatic rings. The van der Waals surface area contributed by atoms with E-state index in [4.69, 9.17) is 0 Å². The van der Waals surface area contributed by atoms with Gasteiger partial charge in [0.15, 0.2) is 5.78 Å². The van der Waals surface area contributed by atoms with Gasteiger partial charge in [-0.15, -0.1) is 0 Å². The van der Waals surface area contributed by atoms with Gasteiger partial charge in [-0.05, 0) is 43.1 Å². The van der Waals surface area contributed by atoms with E-state index in [1.165, 1.54) is 6.08 Å². The van der Waals surface area contributed by atoms with Crippen LogP contribution in [0.25, 0.3) is 0 Å². The molecule has 0 radical (unpaired) electrons. The number of fused-ring (bicyclic) bond motifs is 5. The predicted molar refractivity (Wildman–Crippen MR) is 100 cm³/mol. The van der Waals surface area contributed by atoms with Gasteiger partial charge in [0.05, 0.1) is 0 Å². The van der Waals surface area contributed by atoms with E-state index in [0.717, 1.165) is 0 Å². The van der Waals surface area contributed by atoms with E-state index in [9.17, 15) is 34.5 Å². The topological polar surface area (TPSA) is 129 Å².